The molecule has 4 rings (SSSR count). The molecule has 0 fully saturated rings. The van der Waals surface area contributed by atoms with E-state index in [1.54, 1.807) is 7.11 Å². The fourth-order valence-corrected chi connectivity index (χ4v) is 3.57. The molecule has 134 valence electrons. The monoisotopic (exact) mass is 351 g/mol. The number of aryl methyl sites for hydroxylation is 1. The lowest BCUT2D eigenvalue weighted by molar-refractivity contribution is -0.114. The van der Waals surface area contributed by atoms with Crippen LogP contribution in [0, 0.1) is 0 Å². The van der Waals surface area contributed by atoms with Crippen molar-refractivity contribution in [3.63, 3.8) is 0 Å². The highest BCUT2D eigenvalue weighted by Gasteiger charge is 2.28. The number of nitrogens with one attached hydrogen (secondary N) is 2. The van der Waals surface area contributed by atoms with Crippen molar-refractivity contribution < 1.29 is 14.3 Å². The number of hydrogen-bond acceptors (Lipinski definition) is 5. The highest BCUT2D eigenvalue weighted by Crippen LogP contribution is 2.38. The van der Waals surface area contributed by atoms with Gasteiger partial charge in [0.25, 0.3) is 6.02 Å². The Balaban J connectivity index is 1.55. The summed E-state index contributed by atoms with van der Waals surface area (Å²) in [7, 11) is 1.70. The highest BCUT2D eigenvalue weighted by atomic mass is 16.5. The number of fused-ring (bicyclic) bond motifs is 2. The molecule has 1 heterocycles. The van der Waals surface area contributed by atoms with E-state index < -0.39 is 0 Å². The van der Waals surface area contributed by atoms with Crippen molar-refractivity contribution in [1.82, 2.24) is 5.32 Å². The van der Waals surface area contributed by atoms with Crippen LogP contribution in [-0.4, -0.2) is 19.0 Å². The fraction of sp³-hybridized carbons (Fsp3) is 0.300. The van der Waals surface area contributed by atoms with E-state index in [1.165, 1.54) is 18.1 Å². The first kappa shape index (κ1) is 16.4. The lowest BCUT2D eigenvalue weighted by Crippen LogP contribution is -2.30. The molecule has 1 aliphatic carbocycles. The van der Waals surface area contributed by atoms with Gasteiger partial charge in [-0.2, -0.15) is 4.99 Å². The molecule has 0 radical (unpaired) electrons. The number of nitrogens with zero attached hydrogens (tertiary/aromatic N) is 1. The SMILES string of the molecule is COc1cccc2c1C(NC1=Nc3ccc(NC(C)=O)cc3CO1)CC2. The second-order valence-corrected chi connectivity index (χ2v) is 6.50. The molecule has 2 aromatic rings. The van der Waals surface area contributed by atoms with E-state index in [2.05, 4.69) is 21.7 Å². The maximum absolute atomic E-state index is 11.2. The smallest absolute Gasteiger partial charge is 0.290 e. The van der Waals surface area contributed by atoms with Gasteiger partial charge in [0, 0.05) is 23.7 Å². The summed E-state index contributed by atoms with van der Waals surface area (Å²) < 4.78 is 11.3. The summed E-state index contributed by atoms with van der Waals surface area (Å²) in [5.41, 5.74) is 5.05. The van der Waals surface area contributed by atoms with E-state index >= 15 is 0 Å². The summed E-state index contributed by atoms with van der Waals surface area (Å²) >= 11 is 0. The third kappa shape index (κ3) is 3.10. The maximum atomic E-state index is 11.2. The summed E-state index contributed by atoms with van der Waals surface area (Å²) in [5.74, 6) is 0.802. The summed E-state index contributed by atoms with van der Waals surface area (Å²) in [6, 6.07) is 12.4. The molecule has 1 atom stereocenters. The van der Waals surface area contributed by atoms with Crippen LogP contribution in [-0.2, 0) is 22.6 Å². The molecule has 1 aliphatic heterocycles. The van der Waals surface area contributed by atoms with Gasteiger partial charge in [-0.25, -0.2) is 0 Å². The average molecular weight is 351 g/mol. The number of amides is 1. The van der Waals surface area contributed by atoms with E-state index in [0.717, 1.165) is 35.5 Å². The number of rotatable bonds is 3. The number of aliphatic imine (C=N–C) groups is 1. The quantitative estimate of drug-likeness (QED) is 0.888. The Labute approximate surface area is 152 Å². The van der Waals surface area contributed by atoms with E-state index in [9.17, 15) is 4.79 Å². The Bertz CT molecular complexity index is 892. The van der Waals surface area contributed by atoms with Crippen LogP contribution < -0.4 is 15.4 Å². The zero-order valence-electron chi connectivity index (χ0n) is 14.8. The molecular weight excluding hydrogens is 330 g/mol. The van der Waals surface area contributed by atoms with Gasteiger partial charge in [-0.1, -0.05) is 12.1 Å². The standard InChI is InChI=1S/C20H21N3O3/c1-12(24)21-15-7-9-16-14(10-15)11-26-20(22-16)23-17-8-6-13-4-3-5-18(25-2)19(13)17/h3-5,7,9-10,17H,6,8,11H2,1-2H3,(H,21,24)(H,22,23). The van der Waals surface area contributed by atoms with Crippen LogP contribution in [0.2, 0.25) is 0 Å². The van der Waals surface area contributed by atoms with Gasteiger partial charge in [0.15, 0.2) is 0 Å². The summed E-state index contributed by atoms with van der Waals surface area (Å²) in [6.07, 6.45) is 1.99. The Kier molecular flexibility index (Phi) is 4.24. The second-order valence-electron chi connectivity index (χ2n) is 6.50. The largest absolute Gasteiger partial charge is 0.496 e. The number of methoxy groups -OCH3 is 1. The van der Waals surface area contributed by atoms with Gasteiger partial charge in [-0.05, 0) is 42.7 Å². The van der Waals surface area contributed by atoms with Crippen molar-refractivity contribution in [2.75, 3.05) is 12.4 Å². The van der Waals surface area contributed by atoms with Crippen LogP contribution in [0.1, 0.15) is 36.1 Å². The zero-order valence-corrected chi connectivity index (χ0v) is 14.8. The van der Waals surface area contributed by atoms with Crippen LogP contribution in [0.25, 0.3) is 0 Å². The first-order valence-electron chi connectivity index (χ1n) is 8.68. The molecule has 0 aromatic heterocycles. The molecule has 0 saturated heterocycles. The molecule has 0 saturated carbocycles. The molecule has 6 heteroatoms. The zero-order chi connectivity index (χ0) is 18.1. The lowest BCUT2D eigenvalue weighted by atomic mass is 10.1. The van der Waals surface area contributed by atoms with Gasteiger partial charge < -0.3 is 20.1 Å². The number of benzene rings is 2. The normalized spacial score (nSPS) is 17.5. The molecule has 0 bridgehead atoms. The molecule has 2 aliphatic rings. The van der Waals surface area contributed by atoms with Gasteiger partial charge in [0.2, 0.25) is 5.91 Å². The number of ether oxygens (including phenoxy) is 2. The van der Waals surface area contributed by atoms with Crippen LogP contribution in [0.3, 0.4) is 0 Å². The van der Waals surface area contributed by atoms with E-state index in [1.807, 2.05) is 30.3 Å². The predicted molar refractivity (Wildman–Crippen MR) is 99.8 cm³/mol. The molecule has 2 aromatic carbocycles. The molecule has 0 spiro atoms. The molecule has 1 amide bonds. The van der Waals surface area contributed by atoms with Crippen LogP contribution in [0.4, 0.5) is 11.4 Å². The average Bonchev–Trinajstić information content (AvgIpc) is 3.04. The van der Waals surface area contributed by atoms with E-state index in [4.69, 9.17) is 9.47 Å². The van der Waals surface area contributed by atoms with Crippen LogP contribution in [0.5, 0.6) is 5.75 Å². The van der Waals surface area contributed by atoms with Gasteiger partial charge >= 0.3 is 0 Å². The number of anilines is 1. The van der Waals surface area contributed by atoms with E-state index in [0.29, 0.717) is 12.6 Å². The molecule has 6 nitrogen and oxygen atoms in total. The molecule has 2 N–H and O–H groups in total. The topological polar surface area (TPSA) is 72.0 Å². The third-order valence-electron chi connectivity index (χ3n) is 4.71. The Morgan fingerprint density at radius 3 is 2.96 bits per heavy atom. The Morgan fingerprint density at radius 2 is 2.15 bits per heavy atom. The first-order valence-corrected chi connectivity index (χ1v) is 8.68. The van der Waals surface area contributed by atoms with Crippen molar-refractivity contribution in [3.8, 4) is 5.75 Å². The van der Waals surface area contributed by atoms with Crippen molar-refractivity contribution in [2.45, 2.75) is 32.4 Å². The van der Waals surface area contributed by atoms with E-state index in [-0.39, 0.29) is 11.9 Å². The summed E-state index contributed by atoms with van der Waals surface area (Å²) in [4.78, 5) is 15.8. The fourth-order valence-electron chi connectivity index (χ4n) is 3.57. The third-order valence-corrected chi connectivity index (χ3v) is 4.71. The van der Waals surface area contributed by atoms with Gasteiger partial charge in [-0.15, -0.1) is 0 Å². The first-order chi connectivity index (χ1) is 12.6. The summed E-state index contributed by atoms with van der Waals surface area (Å²) in [6.45, 7) is 1.91. The van der Waals surface area contributed by atoms with Crippen LogP contribution >= 0.6 is 0 Å². The van der Waals surface area contributed by atoms with Crippen molar-refractivity contribution in [3.05, 3.63) is 53.1 Å². The minimum Gasteiger partial charge on any atom is -0.496 e. The van der Waals surface area contributed by atoms with Crippen molar-refractivity contribution in [1.29, 1.82) is 0 Å². The number of hydrogen-bond donors (Lipinski definition) is 2. The van der Waals surface area contributed by atoms with Gasteiger partial charge in [0.1, 0.15) is 12.4 Å². The maximum Gasteiger partial charge on any atom is 0.290 e. The van der Waals surface area contributed by atoms with Gasteiger partial charge in [-0.3, -0.25) is 4.79 Å². The lowest BCUT2D eigenvalue weighted by Gasteiger charge is -2.22. The molecular formula is C20H21N3O3. The Morgan fingerprint density at radius 1 is 1.27 bits per heavy atom. The van der Waals surface area contributed by atoms with Crippen molar-refractivity contribution in [2.24, 2.45) is 4.99 Å². The molecule has 26 heavy (non-hydrogen) atoms. The minimum atomic E-state index is -0.0959. The van der Waals surface area contributed by atoms with Crippen molar-refractivity contribution >= 4 is 23.3 Å². The summed E-state index contributed by atoms with van der Waals surface area (Å²) in [5, 5.41) is 6.19. The van der Waals surface area contributed by atoms with Gasteiger partial charge in [0.05, 0.1) is 18.8 Å². The highest BCUT2D eigenvalue weighted by molar-refractivity contribution is 5.89. The predicted octanol–water partition coefficient (Wildman–Crippen LogP) is 3.45. The Hall–Kier alpha value is -3.02. The number of carbonyl (C=O) groups excluding carboxylic acids is 1. The number of amidine groups is 1. The van der Waals surface area contributed by atoms with Crippen LogP contribution in [0.15, 0.2) is 41.4 Å². The second kappa shape index (κ2) is 6.71. The minimum absolute atomic E-state index is 0.0959. The molecule has 1 unspecified atom stereocenters. The number of carbonyl (C=O) groups is 1.